The largest absolute Gasteiger partial charge is 0.395 e. The van der Waals surface area contributed by atoms with E-state index in [0.29, 0.717) is 23.9 Å². The summed E-state index contributed by atoms with van der Waals surface area (Å²) in [4.78, 5) is 17.5. The van der Waals surface area contributed by atoms with Gasteiger partial charge >= 0.3 is 0 Å². The number of benzene rings is 2. The zero-order valence-electron chi connectivity index (χ0n) is 15.8. The minimum Gasteiger partial charge on any atom is -0.395 e. The summed E-state index contributed by atoms with van der Waals surface area (Å²) in [6, 6.07) is 16.9. The number of aliphatic hydroxyl groups excluding tert-OH is 1. The van der Waals surface area contributed by atoms with E-state index in [0.717, 1.165) is 22.3 Å². The second-order valence-corrected chi connectivity index (χ2v) is 6.63. The number of anilines is 1. The highest BCUT2D eigenvalue weighted by molar-refractivity contribution is 6.05. The smallest absolute Gasteiger partial charge is 0.257 e. The number of fused-ring (bicyclic) bond motifs is 1. The maximum absolute atomic E-state index is 12.8. The second kappa shape index (κ2) is 7.28. The van der Waals surface area contributed by atoms with Gasteiger partial charge in [-0.2, -0.15) is 9.78 Å². The van der Waals surface area contributed by atoms with Gasteiger partial charge in [-0.25, -0.2) is 4.98 Å². The van der Waals surface area contributed by atoms with E-state index in [1.165, 1.54) is 0 Å². The van der Waals surface area contributed by atoms with Gasteiger partial charge in [0.2, 0.25) is 5.95 Å². The number of nitrogens with zero attached hydrogens (tertiary/aromatic N) is 4. The van der Waals surface area contributed by atoms with Gasteiger partial charge in [0, 0.05) is 18.2 Å². The lowest BCUT2D eigenvalue weighted by Crippen LogP contribution is -2.18. The molecule has 142 valence electrons. The molecule has 0 atom stereocenters. The van der Waals surface area contributed by atoms with E-state index in [1.54, 1.807) is 16.8 Å². The van der Waals surface area contributed by atoms with Gasteiger partial charge < -0.3 is 15.0 Å². The molecule has 7 nitrogen and oxygen atoms in total. The minimum absolute atomic E-state index is 0.0293. The zero-order valence-corrected chi connectivity index (χ0v) is 15.8. The Morgan fingerprint density at radius 1 is 1.11 bits per heavy atom. The summed E-state index contributed by atoms with van der Waals surface area (Å²) < 4.78 is 3.51. The van der Waals surface area contributed by atoms with E-state index in [2.05, 4.69) is 15.4 Å². The third-order valence-corrected chi connectivity index (χ3v) is 4.61. The van der Waals surface area contributed by atoms with Gasteiger partial charge in [-0.15, -0.1) is 0 Å². The van der Waals surface area contributed by atoms with Crippen molar-refractivity contribution in [2.24, 2.45) is 0 Å². The lowest BCUT2D eigenvalue weighted by molar-refractivity contribution is 0.102. The van der Waals surface area contributed by atoms with Gasteiger partial charge in [0.25, 0.3) is 5.91 Å². The molecule has 2 aromatic heterocycles. The van der Waals surface area contributed by atoms with E-state index in [4.69, 9.17) is 0 Å². The van der Waals surface area contributed by atoms with Crippen LogP contribution in [0.15, 0.2) is 54.6 Å². The maximum Gasteiger partial charge on any atom is 0.257 e. The Balaban J connectivity index is 1.79. The number of carbonyl (C=O) groups excluding carboxylic acids is 1. The number of rotatable bonds is 5. The molecule has 2 aromatic carbocycles. The molecule has 2 heterocycles. The summed E-state index contributed by atoms with van der Waals surface area (Å²) in [6.07, 6.45) is 0. The molecule has 0 aliphatic rings. The highest BCUT2D eigenvalue weighted by atomic mass is 16.3. The van der Waals surface area contributed by atoms with Crippen molar-refractivity contribution in [3.8, 4) is 5.95 Å². The topological polar surface area (TPSA) is 85.0 Å². The van der Waals surface area contributed by atoms with Crippen LogP contribution >= 0.6 is 0 Å². The van der Waals surface area contributed by atoms with Gasteiger partial charge in [0.15, 0.2) is 0 Å². The molecule has 1 amide bonds. The Morgan fingerprint density at radius 2 is 1.86 bits per heavy atom. The van der Waals surface area contributed by atoms with Crippen LogP contribution in [0, 0.1) is 13.8 Å². The summed E-state index contributed by atoms with van der Waals surface area (Å²) in [6.45, 7) is 4.11. The van der Waals surface area contributed by atoms with Crippen molar-refractivity contribution in [3.05, 3.63) is 71.4 Å². The molecule has 0 saturated heterocycles. The van der Waals surface area contributed by atoms with Crippen molar-refractivity contribution in [2.75, 3.05) is 11.9 Å². The summed E-state index contributed by atoms with van der Waals surface area (Å²) in [5.41, 5.74) is 3.96. The lowest BCUT2D eigenvalue weighted by atomic mass is 10.1. The normalized spacial score (nSPS) is 11.1. The number of imidazole rings is 1. The van der Waals surface area contributed by atoms with E-state index in [-0.39, 0.29) is 12.5 Å². The highest BCUT2D eigenvalue weighted by Gasteiger charge is 2.19. The van der Waals surface area contributed by atoms with Crippen molar-refractivity contribution in [1.82, 2.24) is 19.3 Å². The number of aliphatic hydroxyl groups is 1. The van der Waals surface area contributed by atoms with Crippen molar-refractivity contribution < 1.29 is 9.90 Å². The molecule has 0 spiro atoms. The molecule has 4 rings (SSSR count). The third-order valence-electron chi connectivity index (χ3n) is 4.61. The van der Waals surface area contributed by atoms with Crippen LogP contribution in [0.5, 0.6) is 0 Å². The Kier molecular flexibility index (Phi) is 4.67. The molecule has 4 aromatic rings. The fraction of sp³-hybridized carbons (Fsp3) is 0.190. The number of carbonyl (C=O) groups is 1. The van der Waals surface area contributed by atoms with Crippen LogP contribution in [-0.2, 0) is 6.54 Å². The second-order valence-electron chi connectivity index (χ2n) is 6.63. The molecule has 0 saturated carbocycles. The first-order valence-electron chi connectivity index (χ1n) is 9.08. The summed E-state index contributed by atoms with van der Waals surface area (Å²) in [5.74, 6) is 0.868. The predicted molar refractivity (Wildman–Crippen MR) is 108 cm³/mol. The van der Waals surface area contributed by atoms with Crippen molar-refractivity contribution in [2.45, 2.75) is 20.4 Å². The molecule has 2 N–H and O–H groups in total. The molecule has 0 fully saturated rings. The average molecular weight is 375 g/mol. The number of aromatic nitrogens is 4. The number of nitrogens with one attached hydrogen (secondary N) is 1. The monoisotopic (exact) mass is 375 g/mol. The van der Waals surface area contributed by atoms with Gasteiger partial charge in [0.05, 0.1) is 23.3 Å². The number of hydrogen-bond donors (Lipinski definition) is 2. The number of aryl methyl sites for hydroxylation is 2. The van der Waals surface area contributed by atoms with Gasteiger partial charge in [-0.05, 0) is 37.6 Å². The Labute approximate surface area is 162 Å². The SMILES string of the molecule is Cc1cc(NC(=O)c2ccccc2C)n(-c2nc3ccccc3n2CCO)n1. The van der Waals surface area contributed by atoms with E-state index >= 15 is 0 Å². The van der Waals surface area contributed by atoms with Crippen LogP contribution in [-0.4, -0.2) is 37.0 Å². The number of hydrogen-bond acceptors (Lipinski definition) is 4. The quantitative estimate of drug-likeness (QED) is 0.561. The summed E-state index contributed by atoms with van der Waals surface area (Å²) >= 11 is 0. The highest BCUT2D eigenvalue weighted by Crippen LogP contribution is 2.23. The third kappa shape index (κ3) is 3.16. The van der Waals surface area contributed by atoms with Crippen LogP contribution in [0.4, 0.5) is 5.82 Å². The molecule has 7 heteroatoms. The van der Waals surface area contributed by atoms with E-state index in [1.807, 2.05) is 60.9 Å². The first-order chi connectivity index (χ1) is 13.6. The Bertz CT molecular complexity index is 1160. The number of para-hydroxylation sites is 2. The Hall–Kier alpha value is -3.45. The standard InChI is InChI=1S/C21H21N5O2/c1-14-7-3-4-8-16(14)20(28)23-19-13-15(2)24-26(19)21-22-17-9-5-6-10-18(17)25(21)11-12-27/h3-10,13,27H,11-12H2,1-2H3,(H,23,28). The van der Waals surface area contributed by atoms with Crippen LogP contribution in [0.25, 0.3) is 17.0 Å². The molecule has 0 aliphatic heterocycles. The van der Waals surface area contributed by atoms with Gasteiger partial charge in [-0.3, -0.25) is 4.79 Å². The molecule has 0 radical (unpaired) electrons. The first-order valence-corrected chi connectivity index (χ1v) is 9.08. The fourth-order valence-corrected chi connectivity index (χ4v) is 3.30. The molecular weight excluding hydrogens is 354 g/mol. The predicted octanol–water partition coefficient (Wildman–Crippen LogP) is 3.08. The molecule has 0 aliphatic carbocycles. The maximum atomic E-state index is 12.8. The van der Waals surface area contributed by atoms with Crippen LogP contribution in [0.3, 0.4) is 0 Å². The van der Waals surface area contributed by atoms with Gasteiger partial charge in [-0.1, -0.05) is 30.3 Å². The fourth-order valence-electron chi connectivity index (χ4n) is 3.30. The van der Waals surface area contributed by atoms with Crippen molar-refractivity contribution in [1.29, 1.82) is 0 Å². The minimum atomic E-state index is -0.205. The average Bonchev–Trinajstić information content (AvgIpc) is 3.22. The van der Waals surface area contributed by atoms with Crippen LogP contribution in [0.2, 0.25) is 0 Å². The number of amides is 1. The van der Waals surface area contributed by atoms with Gasteiger partial charge in [0.1, 0.15) is 5.82 Å². The van der Waals surface area contributed by atoms with Crippen LogP contribution < -0.4 is 5.32 Å². The molecule has 0 bridgehead atoms. The molecule has 28 heavy (non-hydrogen) atoms. The zero-order chi connectivity index (χ0) is 19.7. The first kappa shape index (κ1) is 17.9. The Morgan fingerprint density at radius 3 is 2.64 bits per heavy atom. The summed E-state index contributed by atoms with van der Waals surface area (Å²) in [5, 5.41) is 17.0. The van der Waals surface area contributed by atoms with Crippen molar-refractivity contribution >= 4 is 22.8 Å². The van der Waals surface area contributed by atoms with Crippen LogP contribution in [0.1, 0.15) is 21.6 Å². The summed E-state index contributed by atoms with van der Waals surface area (Å²) in [7, 11) is 0. The van der Waals surface area contributed by atoms with E-state index in [9.17, 15) is 9.90 Å². The van der Waals surface area contributed by atoms with Crippen molar-refractivity contribution in [3.63, 3.8) is 0 Å². The molecular formula is C21H21N5O2. The lowest BCUT2D eigenvalue weighted by Gasteiger charge is -2.11. The molecule has 0 unspecified atom stereocenters. The van der Waals surface area contributed by atoms with E-state index < -0.39 is 0 Å².